The van der Waals surface area contributed by atoms with Crippen molar-refractivity contribution < 1.29 is 80.2 Å². The van der Waals surface area contributed by atoms with Gasteiger partial charge in [-0.1, -0.05) is 434 Å². The summed E-state index contributed by atoms with van der Waals surface area (Å²) in [5.74, 6) is 0.304. The van der Waals surface area contributed by atoms with Crippen LogP contribution < -0.4 is 0 Å². The van der Waals surface area contributed by atoms with Crippen molar-refractivity contribution in [3.63, 3.8) is 0 Å². The van der Waals surface area contributed by atoms with Crippen LogP contribution in [0.15, 0.2) is 0 Å². The van der Waals surface area contributed by atoms with Gasteiger partial charge < -0.3 is 33.8 Å². The van der Waals surface area contributed by atoms with Crippen LogP contribution in [0.5, 0.6) is 0 Å². The molecular weight excluding hydrogens is 1430 g/mol. The zero-order chi connectivity index (χ0) is 80.8. The highest BCUT2D eigenvalue weighted by molar-refractivity contribution is 7.47. The third-order valence-electron chi connectivity index (χ3n) is 21.7. The van der Waals surface area contributed by atoms with Gasteiger partial charge in [-0.25, -0.2) is 9.13 Å². The van der Waals surface area contributed by atoms with Crippen LogP contribution in [0.4, 0.5) is 0 Å². The summed E-state index contributed by atoms with van der Waals surface area (Å²) in [5, 5.41) is 10.7. The average Bonchev–Trinajstić information content (AvgIpc) is 0.900. The number of carbonyl (C=O) groups is 4. The van der Waals surface area contributed by atoms with E-state index in [0.717, 1.165) is 108 Å². The van der Waals surface area contributed by atoms with Crippen molar-refractivity contribution in [3.8, 4) is 0 Å². The maximum atomic E-state index is 13.2. The Morgan fingerprint density at radius 2 is 0.464 bits per heavy atom. The van der Waals surface area contributed by atoms with E-state index in [9.17, 15) is 43.2 Å². The summed E-state index contributed by atoms with van der Waals surface area (Å²) in [5.41, 5.74) is 0. The molecule has 0 saturated heterocycles. The van der Waals surface area contributed by atoms with Crippen molar-refractivity contribution >= 4 is 39.5 Å². The summed E-state index contributed by atoms with van der Waals surface area (Å²) in [6.07, 6.45) is 73.6. The Morgan fingerprint density at radius 1 is 0.264 bits per heavy atom. The lowest BCUT2D eigenvalue weighted by Gasteiger charge is -2.21. The number of phosphoric acid groups is 2. The average molecular weight is 1610 g/mol. The minimum atomic E-state index is -4.97. The van der Waals surface area contributed by atoms with Gasteiger partial charge in [0.15, 0.2) is 12.2 Å². The number of aliphatic hydroxyl groups excluding tert-OH is 1. The van der Waals surface area contributed by atoms with Crippen LogP contribution in [-0.2, 0) is 65.4 Å². The van der Waals surface area contributed by atoms with Crippen molar-refractivity contribution in [3.05, 3.63) is 0 Å². The quantitative estimate of drug-likeness (QED) is 0.0222. The first-order valence-corrected chi connectivity index (χ1v) is 49.9. The highest BCUT2D eigenvalue weighted by atomic mass is 31.2. The molecule has 19 heteroatoms. The van der Waals surface area contributed by atoms with E-state index in [1.807, 2.05) is 0 Å². The molecule has 0 saturated carbocycles. The fourth-order valence-corrected chi connectivity index (χ4v) is 15.8. The number of aliphatic hydroxyl groups is 1. The molecule has 3 unspecified atom stereocenters. The molecule has 0 aliphatic heterocycles. The molecule has 0 heterocycles. The molecule has 0 spiro atoms. The molecule has 0 radical (unpaired) electrons. The van der Waals surface area contributed by atoms with Crippen molar-refractivity contribution in [2.75, 3.05) is 39.6 Å². The monoisotopic (exact) mass is 1610 g/mol. The Hall–Kier alpha value is -1.94. The van der Waals surface area contributed by atoms with E-state index in [1.54, 1.807) is 0 Å². The number of hydrogen-bond donors (Lipinski definition) is 3. The van der Waals surface area contributed by atoms with Gasteiger partial charge in [0, 0.05) is 25.7 Å². The van der Waals surface area contributed by atoms with Gasteiger partial charge in [-0.15, -0.1) is 0 Å². The number of rotatable bonds is 89. The van der Waals surface area contributed by atoms with Crippen LogP contribution in [0.2, 0.25) is 0 Å². The number of unbranched alkanes of at least 4 members (excludes halogenated alkanes) is 56. The fourth-order valence-electron chi connectivity index (χ4n) is 14.2. The Bertz CT molecular complexity index is 2120. The molecule has 3 N–H and O–H groups in total. The highest BCUT2D eigenvalue weighted by Crippen LogP contribution is 2.45. The number of phosphoric ester groups is 2. The summed E-state index contributed by atoms with van der Waals surface area (Å²) >= 11 is 0. The van der Waals surface area contributed by atoms with E-state index in [-0.39, 0.29) is 25.7 Å². The molecule has 0 aromatic rings. The van der Waals surface area contributed by atoms with E-state index in [0.29, 0.717) is 25.7 Å². The molecule has 0 bridgehead atoms. The van der Waals surface area contributed by atoms with Crippen molar-refractivity contribution in [2.24, 2.45) is 17.8 Å². The molecule has 0 aliphatic carbocycles. The highest BCUT2D eigenvalue weighted by Gasteiger charge is 2.31. The maximum absolute atomic E-state index is 13.2. The molecular formula is C91H178O17P2. The summed E-state index contributed by atoms with van der Waals surface area (Å²) < 4.78 is 69.1. The van der Waals surface area contributed by atoms with E-state index in [2.05, 4.69) is 48.5 Å². The van der Waals surface area contributed by atoms with Gasteiger partial charge in [-0.3, -0.25) is 37.3 Å². The second-order valence-corrected chi connectivity index (χ2v) is 36.8. The second kappa shape index (κ2) is 80.8. The number of hydrogen-bond acceptors (Lipinski definition) is 15. The third kappa shape index (κ3) is 82.6. The SMILES string of the molecule is CCCCCCCCCCCCCCCCCCCCCCCC(=O)O[C@H](COC(=O)CCCCCCCCCCCCCCCCCCC(C)C)COP(=O)(O)OC[C@@H](O)COP(=O)(O)OC[C@@H](COC(=O)CCCCCCCCCCCC(C)C)OC(=O)CCCCCCCCCCCCCCCCC(C)CC. The lowest BCUT2D eigenvalue weighted by atomic mass is 9.99. The van der Waals surface area contributed by atoms with Crippen LogP contribution in [0, 0.1) is 17.8 Å². The topological polar surface area (TPSA) is 237 Å². The van der Waals surface area contributed by atoms with Crippen LogP contribution in [0.3, 0.4) is 0 Å². The van der Waals surface area contributed by atoms with Crippen LogP contribution in [-0.4, -0.2) is 96.7 Å². The first-order chi connectivity index (χ1) is 53.3. The Labute approximate surface area is 677 Å². The standard InChI is InChI=1S/C91H178O17P2/c1-8-10-11-12-13-14-15-16-17-18-19-20-21-22-27-33-38-45-53-60-67-74-90(95)107-86(78-101-88(93)72-65-58-51-44-37-32-26-24-23-25-30-35-41-48-55-62-69-82(3)4)80-105-109(97,98)103-76-85(92)77-104-110(99,100)106-81-87(79-102-89(94)73-66-59-52-47-40-42-49-56-63-70-83(5)6)108-91(96)75-68-61-54-46-39-34-29-28-31-36-43-50-57-64-71-84(7)9-2/h82-87,92H,8-81H2,1-7H3,(H,97,98)(H,99,100)/t84?,85-,86-,87-/m1/s1. The molecule has 0 amide bonds. The van der Waals surface area contributed by atoms with Crippen molar-refractivity contribution in [2.45, 2.75) is 503 Å². The van der Waals surface area contributed by atoms with Gasteiger partial charge in [0.25, 0.3) is 0 Å². The molecule has 0 fully saturated rings. The second-order valence-electron chi connectivity index (χ2n) is 33.9. The Balaban J connectivity index is 5.25. The molecule has 0 aromatic carbocycles. The smallest absolute Gasteiger partial charge is 0.462 e. The molecule has 0 aromatic heterocycles. The molecule has 110 heavy (non-hydrogen) atoms. The zero-order valence-electron chi connectivity index (χ0n) is 72.7. The first-order valence-electron chi connectivity index (χ1n) is 46.9. The minimum Gasteiger partial charge on any atom is -0.462 e. The molecule has 0 rings (SSSR count). The predicted molar refractivity (Wildman–Crippen MR) is 455 cm³/mol. The summed E-state index contributed by atoms with van der Waals surface area (Å²) in [7, 11) is -9.94. The predicted octanol–water partition coefficient (Wildman–Crippen LogP) is 28.0. The first kappa shape index (κ1) is 108. The summed E-state index contributed by atoms with van der Waals surface area (Å²) in [6.45, 7) is 12.1. The Morgan fingerprint density at radius 3 is 0.691 bits per heavy atom. The van der Waals surface area contributed by atoms with Gasteiger partial charge in [-0.2, -0.15) is 0 Å². The molecule has 17 nitrogen and oxygen atoms in total. The van der Waals surface area contributed by atoms with Crippen LogP contribution >= 0.6 is 15.6 Å². The molecule has 0 aliphatic rings. The van der Waals surface area contributed by atoms with Gasteiger partial charge in [0.1, 0.15) is 19.3 Å². The van der Waals surface area contributed by atoms with E-state index >= 15 is 0 Å². The molecule has 654 valence electrons. The lowest BCUT2D eigenvalue weighted by molar-refractivity contribution is -0.161. The third-order valence-corrected chi connectivity index (χ3v) is 23.6. The summed E-state index contributed by atoms with van der Waals surface area (Å²) in [6, 6.07) is 0. The maximum Gasteiger partial charge on any atom is 0.472 e. The van der Waals surface area contributed by atoms with Crippen molar-refractivity contribution in [1.82, 2.24) is 0 Å². The molecule has 6 atom stereocenters. The number of carbonyl (C=O) groups excluding carboxylic acids is 4. The van der Waals surface area contributed by atoms with Crippen LogP contribution in [0.1, 0.15) is 485 Å². The Kier molecular flexibility index (Phi) is 79.4. The largest absolute Gasteiger partial charge is 0.472 e. The van der Waals surface area contributed by atoms with Crippen LogP contribution in [0.25, 0.3) is 0 Å². The zero-order valence-corrected chi connectivity index (χ0v) is 74.5. The van der Waals surface area contributed by atoms with Gasteiger partial charge in [0.2, 0.25) is 0 Å². The normalized spacial score (nSPS) is 14.0. The van der Waals surface area contributed by atoms with Gasteiger partial charge >= 0.3 is 39.5 Å². The minimum absolute atomic E-state index is 0.107. The van der Waals surface area contributed by atoms with Gasteiger partial charge in [-0.05, 0) is 43.4 Å². The van der Waals surface area contributed by atoms with E-state index in [1.165, 1.54) is 295 Å². The lowest BCUT2D eigenvalue weighted by Crippen LogP contribution is -2.30. The van der Waals surface area contributed by atoms with Gasteiger partial charge in [0.05, 0.1) is 26.4 Å². The number of esters is 4. The van der Waals surface area contributed by atoms with E-state index < -0.39 is 97.5 Å². The van der Waals surface area contributed by atoms with E-state index in [4.69, 9.17) is 37.0 Å². The summed E-state index contributed by atoms with van der Waals surface area (Å²) in [4.78, 5) is 73.4. The number of ether oxygens (including phenoxy) is 4. The van der Waals surface area contributed by atoms with Crippen molar-refractivity contribution in [1.29, 1.82) is 0 Å². The fraction of sp³-hybridized carbons (Fsp3) is 0.956.